The van der Waals surface area contributed by atoms with Gasteiger partial charge >= 0.3 is 12.0 Å². The van der Waals surface area contributed by atoms with E-state index in [1.807, 2.05) is 18.2 Å². The highest BCUT2D eigenvalue weighted by atomic mass is 16.6. The van der Waals surface area contributed by atoms with E-state index in [1.165, 1.54) is 6.92 Å². The van der Waals surface area contributed by atoms with Crippen LogP contribution in [-0.4, -0.2) is 23.7 Å². The number of esters is 1. The molecule has 0 aliphatic carbocycles. The summed E-state index contributed by atoms with van der Waals surface area (Å²) in [4.78, 5) is 24.3. The van der Waals surface area contributed by atoms with E-state index in [4.69, 9.17) is 9.47 Å². The molecule has 2 N–H and O–H groups in total. The van der Waals surface area contributed by atoms with Crippen molar-refractivity contribution in [3.63, 3.8) is 0 Å². The molecule has 0 aromatic heterocycles. The Kier molecular flexibility index (Phi) is 5.23. The van der Waals surface area contributed by atoms with Crippen LogP contribution in [0, 0.1) is 11.3 Å². The third kappa shape index (κ3) is 4.07. The first-order chi connectivity index (χ1) is 13.3. The van der Waals surface area contributed by atoms with Crippen molar-refractivity contribution in [2.45, 2.75) is 38.5 Å². The van der Waals surface area contributed by atoms with E-state index >= 15 is 0 Å². The molecule has 7 nitrogen and oxygen atoms in total. The zero-order valence-corrected chi connectivity index (χ0v) is 15.9. The number of ether oxygens (including phenoxy) is 2. The van der Waals surface area contributed by atoms with Crippen LogP contribution in [0.5, 0.6) is 5.75 Å². The van der Waals surface area contributed by atoms with Gasteiger partial charge in [-0.2, -0.15) is 5.26 Å². The standard InChI is InChI=1S/C21H21N3O4/c1-13(25)27-19-18(24-20(26)23-15-7-5-4-6-8-15)16-11-14(12-22)9-10-17(16)28-21(19,2)3/h4-11,18-19H,1-3H3,(H2,23,24,26)/t18-,19+/m1/s1. The molecule has 2 aromatic rings. The largest absolute Gasteiger partial charge is 0.484 e. The second-order valence-electron chi connectivity index (χ2n) is 7.04. The highest BCUT2D eigenvalue weighted by Gasteiger charge is 2.47. The van der Waals surface area contributed by atoms with Gasteiger partial charge in [-0.25, -0.2) is 4.79 Å². The van der Waals surface area contributed by atoms with Crippen LogP contribution in [0.2, 0.25) is 0 Å². The summed E-state index contributed by atoms with van der Waals surface area (Å²) in [5.74, 6) is 0.0363. The van der Waals surface area contributed by atoms with Gasteiger partial charge in [0.2, 0.25) is 0 Å². The summed E-state index contributed by atoms with van der Waals surface area (Å²) in [5, 5.41) is 14.9. The van der Waals surface area contributed by atoms with Crippen LogP contribution in [0.15, 0.2) is 48.5 Å². The number of amides is 2. The highest BCUT2D eigenvalue weighted by molar-refractivity contribution is 5.89. The van der Waals surface area contributed by atoms with Crippen molar-refractivity contribution in [1.82, 2.24) is 5.32 Å². The summed E-state index contributed by atoms with van der Waals surface area (Å²) in [6.07, 6.45) is -0.784. The Morgan fingerprint density at radius 2 is 1.89 bits per heavy atom. The fraction of sp³-hybridized carbons (Fsp3) is 0.286. The van der Waals surface area contributed by atoms with Crippen LogP contribution in [0.1, 0.15) is 37.9 Å². The topological polar surface area (TPSA) is 100 Å². The predicted octanol–water partition coefficient (Wildman–Crippen LogP) is 3.52. The summed E-state index contributed by atoms with van der Waals surface area (Å²) < 4.78 is 11.5. The molecular formula is C21H21N3O4. The number of nitriles is 1. The number of anilines is 1. The fourth-order valence-corrected chi connectivity index (χ4v) is 3.23. The molecule has 2 amide bonds. The summed E-state index contributed by atoms with van der Waals surface area (Å²) in [6.45, 7) is 4.87. The van der Waals surface area contributed by atoms with Crippen molar-refractivity contribution >= 4 is 17.7 Å². The number of carbonyl (C=O) groups excluding carboxylic acids is 2. The van der Waals surface area contributed by atoms with E-state index in [9.17, 15) is 14.9 Å². The average molecular weight is 379 g/mol. The van der Waals surface area contributed by atoms with Crippen LogP contribution in [0.4, 0.5) is 10.5 Å². The number of benzene rings is 2. The first-order valence-electron chi connectivity index (χ1n) is 8.83. The third-order valence-electron chi connectivity index (χ3n) is 4.45. The Hall–Kier alpha value is -3.53. The number of hydrogen-bond donors (Lipinski definition) is 2. The molecule has 0 bridgehead atoms. The Balaban J connectivity index is 1.96. The SMILES string of the molecule is CC(=O)O[C@H]1[C@H](NC(=O)Nc2ccccc2)c2cc(C#N)ccc2OC1(C)C. The molecule has 3 rings (SSSR count). The minimum atomic E-state index is -0.891. The van der Waals surface area contributed by atoms with Crippen LogP contribution < -0.4 is 15.4 Å². The lowest BCUT2D eigenvalue weighted by Gasteiger charge is -2.44. The van der Waals surface area contributed by atoms with E-state index in [1.54, 1.807) is 44.2 Å². The Bertz CT molecular complexity index is 934. The lowest BCUT2D eigenvalue weighted by molar-refractivity contribution is -0.162. The maximum atomic E-state index is 12.6. The number of fused-ring (bicyclic) bond motifs is 1. The molecular weight excluding hydrogens is 358 g/mol. The monoisotopic (exact) mass is 379 g/mol. The maximum Gasteiger partial charge on any atom is 0.319 e. The number of para-hydroxylation sites is 1. The highest BCUT2D eigenvalue weighted by Crippen LogP contribution is 2.41. The smallest absolute Gasteiger partial charge is 0.319 e. The first kappa shape index (κ1) is 19.2. The zero-order valence-electron chi connectivity index (χ0n) is 15.9. The average Bonchev–Trinajstić information content (AvgIpc) is 2.64. The quantitative estimate of drug-likeness (QED) is 0.795. The van der Waals surface area contributed by atoms with E-state index in [2.05, 4.69) is 16.7 Å². The number of hydrogen-bond acceptors (Lipinski definition) is 5. The maximum absolute atomic E-state index is 12.6. The van der Waals surface area contributed by atoms with Crippen molar-refractivity contribution in [1.29, 1.82) is 5.26 Å². The zero-order chi connectivity index (χ0) is 20.3. The molecule has 1 heterocycles. The molecule has 0 unspecified atom stereocenters. The molecule has 1 aliphatic rings. The summed E-state index contributed by atoms with van der Waals surface area (Å²) in [6, 6.07) is 14.9. The lowest BCUT2D eigenvalue weighted by atomic mass is 9.85. The molecule has 0 spiro atoms. The van der Waals surface area contributed by atoms with Gasteiger partial charge in [-0.15, -0.1) is 0 Å². The molecule has 2 aromatic carbocycles. The fourth-order valence-electron chi connectivity index (χ4n) is 3.23. The van der Waals surface area contributed by atoms with Crippen molar-refractivity contribution in [2.75, 3.05) is 5.32 Å². The third-order valence-corrected chi connectivity index (χ3v) is 4.45. The molecule has 0 fully saturated rings. The summed E-state index contributed by atoms with van der Waals surface area (Å²) in [5.41, 5.74) is 0.727. The molecule has 0 radical (unpaired) electrons. The van der Waals surface area contributed by atoms with Gasteiger partial charge in [0.05, 0.1) is 11.6 Å². The van der Waals surface area contributed by atoms with Gasteiger partial charge in [-0.05, 0) is 44.2 Å². The van der Waals surface area contributed by atoms with Crippen LogP contribution in [0.3, 0.4) is 0 Å². The van der Waals surface area contributed by atoms with Crippen LogP contribution in [0.25, 0.3) is 0 Å². The predicted molar refractivity (Wildman–Crippen MR) is 103 cm³/mol. The van der Waals surface area contributed by atoms with Gasteiger partial charge in [0.25, 0.3) is 0 Å². The van der Waals surface area contributed by atoms with E-state index in [-0.39, 0.29) is 0 Å². The second kappa shape index (κ2) is 7.61. The molecule has 1 aliphatic heterocycles. The molecule has 7 heteroatoms. The Morgan fingerprint density at radius 1 is 1.18 bits per heavy atom. The molecule has 0 saturated heterocycles. The van der Waals surface area contributed by atoms with Crippen molar-refractivity contribution in [3.8, 4) is 11.8 Å². The van der Waals surface area contributed by atoms with Gasteiger partial charge in [-0.1, -0.05) is 18.2 Å². The Labute approximate surface area is 163 Å². The van der Waals surface area contributed by atoms with Crippen molar-refractivity contribution in [2.24, 2.45) is 0 Å². The van der Waals surface area contributed by atoms with Crippen molar-refractivity contribution < 1.29 is 19.1 Å². The summed E-state index contributed by atoms with van der Waals surface area (Å²) in [7, 11) is 0. The number of carbonyl (C=O) groups is 2. The van der Waals surface area contributed by atoms with Gasteiger partial charge in [0.1, 0.15) is 17.4 Å². The summed E-state index contributed by atoms with van der Waals surface area (Å²) >= 11 is 0. The number of rotatable bonds is 3. The normalized spacial score (nSPS) is 19.4. The lowest BCUT2D eigenvalue weighted by Crippen LogP contribution is -2.55. The van der Waals surface area contributed by atoms with Crippen molar-refractivity contribution in [3.05, 3.63) is 59.7 Å². The number of nitrogens with one attached hydrogen (secondary N) is 2. The van der Waals surface area contributed by atoms with Crippen LogP contribution >= 0.6 is 0 Å². The molecule has 28 heavy (non-hydrogen) atoms. The van der Waals surface area contributed by atoms with E-state index in [0.717, 1.165) is 0 Å². The molecule has 2 atom stereocenters. The first-order valence-corrected chi connectivity index (χ1v) is 8.83. The number of urea groups is 1. The number of nitrogens with zero attached hydrogens (tertiary/aromatic N) is 1. The van der Waals surface area contributed by atoms with Gasteiger partial charge in [0.15, 0.2) is 6.10 Å². The van der Waals surface area contributed by atoms with E-state index in [0.29, 0.717) is 22.6 Å². The molecule has 0 saturated carbocycles. The van der Waals surface area contributed by atoms with Gasteiger partial charge < -0.3 is 20.1 Å². The van der Waals surface area contributed by atoms with E-state index < -0.39 is 29.7 Å². The molecule has 144 valence electrons. The van der Waals surface area contributed by atoms with Crippen LogP contribution in [-0.2, 0) is 9.53 Å². The second-order valence-corrected chi connectivity index (χ2v) is 7.04. The minimum Gasteiger partial charge on any atom is -0.484 e. The van der Waals surface area contributed by atoms with Gasteiger partial charge in [0, 0.05) is 18.2 Å². The minimum absolute atomic E-state index is 0.416. The Morgan fingerprint density at radius 3 is 2.54 bits per heavy atom. The van der Waals surface area contributed by atoms with Gasteiger partial charge in [-0.3, -0.25) is 4.79 Å².